The largest absolute Gasteiger partial charge is 0.355 e. The molecule has 1 saturated carbocycles. The number of amides is 1. The zero-order valence-corrected chi connectivity index (χ0v) is 18.9. The van der Waals surface area contributed by atoms with Crippen molar-refractivity contribution in [1.82, 2.24) is 25.0 Å². The molecule has 2 fully saturated rings. The number of benzene rings is 1. The van der Waals surface area contributed by atoms with Gasteiger partial charge in [0.15, 0.2) is 11.0 Å². The second-order valence-corrected chi connectivity index (χ2v) is 9.59. The molecule has 1 N–H and O–H groups in total. The van der Waals surface area contributed by atoms with E-state index in [0.717, 1.165) is 31.1 Å². The molecule has 168 valence electrons. The van der Waals surface area contributed by atoms with Crippen molar-refractivity contribution < 1.29 is 9.18 Å². The summed E-state index contributed by atoms with van der Waals surface area (Å²) >= 11 is 1.39. The third-order valence-electron chi connectivity index (χ3n) is 6.24. The summed E-state index contributed by atoms with van der Waals surface area (Å²) < 4.78 is 15.5. The molecule has 6 nitrogen and oxygen atoms in total. The van der Waals surface area contributed by atoms with Gasteiger partial charge < -0.3 is 5.32 Å². The van der Waals surface area contributed by atoms with Crippen LogP contribution in [0.25, 0.3) is 5.69 Å². The molecule has 1 aromatic heterocycles. The quantitative estimate of drug-likeness (QED) is 0.618. The highest BCUT2D eigenvalue weighted by Gasteiger charge is 2.20. The minimum Gasteiger partial charge on any atom is -0.355 e. The van der Waals surface area contributed by atoms with Crippen LogP contribution in [0.1, 0.15) is 57.2 Å². The van der Waals surface area contributed by atoms with Crippen molar-refractivity contribution in [2.75, 3.05) is 25.4 Å². The monoisotopic (exact) mass is 445 g/mol. The number of piperidine rings is 1. The van der Waals surface area contributed by atoms with Gasteiger partial charge in [-0.05, 0) is 69.0 Å². The van der Waals surface area contributed by atoms with E-state index in [9.17, 15) is 9.18 Å². The van der Waals surface area contributed by atoms with Gasteiger partial charge in [-0.15, -0.1) is 10.2 Å². The van der Waals surface area contributed by atoms with Gasteiger partial charge in [0.25, 0.3) is 0 Å². The lowest BCUT2D eigenvalue weighted by molar-refractivity contribution is -0.118. The minimum atomic E-state index is -0.273. The van der Waals surface area contributed by atoms with Crippen molar-refractivity contribution in [3.63, 3.8) is 0 Å². The van der Waals surface area contributed by atoms with E-state index in [2.05, 4.69) is 20.4 Å². The van der Waals surface area contributed by atoms with Crippen molar-refractivity contribution in [3.05, 3.63) is 35.9 Å². The van der Waals surface area contributed by atoms with Crippen LogP contribution in [0.4, 0.5) is 4.39 Å². The van der Waals surface area contributed by atoms with Crippen LogP contribution in [0.3, 0.4) is 0 Å². The second kappa shape index (κ2) is 11.1. The molecule has 1 aliphatic heterocycles. The number of hydrogen-bond acceptors (Lipinski definition) is 5. The fourth-order valence-electron chi connectivity index (χ4n) is 4.49. The van der Waals surface area contributed by atoms with E-state index in [-0.39, 0.29) is 11.7 Å². The van der Waals surface area contributed by atoms with E-state index in [1.807, 2.05) is 4.57 Å². The first kappa shape index (κ1) is 22.3. The number of aromatic nitrogens is 3. The van der Waals surface area contributed by atoms with E-state index in [0.29, 0.717) is 23.4 Å². The highest BCUT2D eigenvalue weighted by Crippen LogP contribution is 2.25. The Morgan fingerprint density at radius 1 is 1.03 bits per heavy atom. The summed E-state index contributed by atoms with van der Waals surface area (Å²) in [4.78, 5) is 14.8. The first-order valence-electron chi connectivity index (χ1n) is 11.5. The van der Waals surface area contributed by atoms with Crippen LogP contribution in [-0.2, 0) is 11.3 Å². The number of halogens is 1. The summed E-state index contributed by atoms with van der Waals surface area (Å²) in [5.74, 6) is 1.50. The van der Waals surface area contributed by atoms with Crippen molar-refractivity contribution in [1.29, 1.82) is 0 Å². The number of nitrogens with zero attached hydrogens (tertiary/aromatic N) is 4. The molecular weight excluding hydrogens is 413 g/mol. The highest BCUT2D eigenvalue weighted by atomic mass is 32.2. The van der Waals surface area contributed by atoms with Crippen molar-refractivity contribution in [3.8, 4) is 5.69 Å². The Balaban J connectivity index is 1.42. The third-order valence-corrected chi connectivity index (χ3v) is 7.17. The molecule has 0 atom stereocenters. The van der Waals surface area contributed by atoms with Crippen molar-refractivity contribution in [2.45, 2.75) is 63.1 Å². The lowest BCUT2D eigenvalue weighted by atomic mass is 9.89. The van der Waals surface area contributed by atoms with E-state index in [1.54, 1.807) is 12.1 Å². The first-order valence-corrected chi connectivity index (χ1v) is 12.5. The summed E-state index contributed by atoms with van der Waals surface area (Å²) in [7, 11) is 0. The maximum Gasteiger partial charge on any atom is 0.230 e. The molecule has 2 heterocycles. The molecule has 8 heteroatoms. The van der Waals surface area contributed by atoms with Gasteiger partial charge in [0.1, 0.15) is 5.82 Å². The zero-order chi connectivity index (χ0) is 21.5. The molecule has 0 bridgehead atoms. The van der Waals surface area contributed by atoms with Gasteiger partial charge in [0.2, 0.25) is 5.91 Å². The molecule has 1 aromatic carbocycles. The van der Waals surface area contributed by atoms with Crippen LogP contribution < -0.4 is 5.32 Å². The van der Waals surface area contributed by atoms with Gasteiger partial charge in [-0.25, -0.2) is 4.39 Å². The third kappa shape index (κ3) is 6.29. The molecule has 4 rings (SSSR count). The number of rotatable bonds is 8. The van der Waals surface area contributed by atoms with Gasteiger partial charge >= 0.3 is 0 Å². The van der Waals surface area contributed by atoms with E-state index in [4.69, 9.17) is 0 Å². The molecule has 0 radical (unpaired) electrons. The van der Waals surface area contributed by atoms with Crippen LogP contribution in [0.15, 0.2) is 29.4 Å². The molecule has 0 spiro atoms. The van der Waals surface area contributed by atoms with Crippen LogP contribution in [0.2, 0.25) is 0 Å². The average molecular weight is 446 g/mol. The smallest absolute Gasteiger partial charge is 0.230 e. The predicted molar refractivity (Wildman–Crippen MR) is 121 cm³/mol. The molecule has 1 saturated heterocycles. The molecule has 31 heavy (non-hydrogen) atoms. The maximum atomic E-state index is 13.5. The van der Waals surface area contributed by atoms with Crippen molar-refractivity contribution in [2.24, 2.45) is 5.92 Å². The Morgan fingerprint density at radius 2 is 1.74 bits per heavy atom. The number of likely N-dealkylation sites (tertiary alicyclic amines) is 1. The lowest BCUT2D eigenvalue weighted by Gasteiger charge is -2.26. The average Bonchev–Trinajstić information content (AvgIpc) is 3.20. The molecular formula is C23H32FN5OS. The first-order chi connectivity index (χ1) is 15.2. The Labute approximate surface area is 188 Å². The van der Waals surface area contributed by atoms with Gasteiger partial charge in [0, 0.05) is 12.2 Å². The van der Waals surface area contributed by atoms with Gasteiger partial charge in [-0.1, -0.05) is 37.4 Å². The molecule has 0 unspecified atom stereocenters. The minimum absolute atomic E-state index is 0.0295. The van der Waals surface area contributed by atoms with Crippen LogP contribution in [0, 0.1) is 11.7 Å². The van der Waals surface area contributed by atoms with Gasteiger partial charge in [0.05, 0.1) is 12.3 Å². The van der Waals surface area contributed by atoms with E-state index >= 15 is 0 Å². The standard InChI is InChI=1S/C23H32FN5OS/c24-19-9-11-20(12-10-19)29-21(16-28-13-5-2-6-14-28)26-27-23(29)31-17-22(30)25-15-18-7-3-1-4-8-18/h9-12,18H,1-8,13-17H2,(H,25,30). The van der Waals surface area contributed by atoms with Gasteiger partial charge in [-0.3, -0.25) is 14.3 Å². The van der Waals surface area contributed by atoms with E-state index in [1.165, 1.54) is 75.3 Å². The molecule has 2 aliphatic rings. The molecule has 2 aromatic rings. The number of thioether (sulfide) groups is 1. The second-order valence-electron chi connectivity index (χ2n) is 8.64. The maximum absolute atomic E-state index is 13.5. The zero-order valence-electron chi connectivity index (χ0n) is 18.1. The Bertz CT molecular complexity index is 844. The fraction of sp³-hybridized carbons (Fsp3) is 0.609. The predicted octanol–water partition coefficient (Wildman–Crippen LogP) is 4.18. The summed E-state index contributed by atoms with van der Waals surface area (Å²) in [5.41, 5.74) is 0.823. The number of carbonyl (C=O) groups is 1. The van der Waals surface area contributed by atoms with Crippen LogP contribution >= 0.6 is 11.8 Å². The normalized spacial score (nSPS) is 18.2. The number of nitrogens with one attached hydrogen (secondary N) is 1. The fourth-order valence-corrected chi connectivity index (χ4v) is 5.29. The van der Waals surface area contributed by atoms with Crippen LogP contribution in [0.5, 0.6) is 0 Å². The Kier molecular flexibility index (Phi) is 7.97. The molecule has 1 aliphatic carbocycles. The summed E-state index contributed by atoms with van der Waals surface area (Å²) in [5, 5.41) is 12.6. The topological polar surface area (TPSA) is 63.1 Å². The lowest BCUT2D eigenvalue weighted by Crippen LogP contribution is -2.31. The Hall–Kier alpha value is -1.93. The summed E-state index contributed by atoms with van der Waals surface area (Å²) in [6.45, 7) is 3.59. The SMILES string of the molecule is O=C(CSc1nnc(CN2CCCCC2)n1-c1ccc(F)cc1)NCC1CCCCC1. The van der Waals surface area contributed by atoms with Crippen LogP contribution in [-0.4, -0.2) is 51.0 Å². The number of carbonyl (C=O) groups excluding carboxylic acids is 1. The van der Waals surface area contributed by atoms with Crippen molar-refractivity contribution >= 4 is 17.7 Å². The summed E-state index contributed by atoms with van der Waals surface area (Å²) in [6, 6.07) is 6.38. The molecule has 1 amide bonds. The van der Waals surface area contributed by atoms with E-state index < -0.39 is 0 Å². The van der Waals surface area contributed by atoms with Gasteiger partial charge in [-0.2, -0.15) is 0 Å². The highest BCUT2D eigenvalue weighted by molar-refractivity contribution is 7.99. The summed E-state index contributed by atoms with van der Waals surface area (Å²) in [6.07, 6.45) is 9.97. The Morgan fingerprint density at radius 3 is 2.48 bits per heavy atom. The number of hydrogen-bond donors (Lipinski definition) is 1.